The van der Waals surface area contributed by atoms with Crippen LogP contribution in [0.4, 0.5) is 11.4 Å². The molecule has 0 unspecified atom stereocenters. The van der Waals surface area contributed by atoms with Gasteiger partial charge in [0, 0.05) is 5.69 Å². The van der Waals surface area contributed by atoms with Gasteiger partial charge in [-0.15, -0.1) is 0 Å². The molecule has 0 aliphatic rings. The van der Waals surface area contributed by atoms with Gasteiger partial charge in [0.2, 0.25) is 0 Å². The highest BCUT2D eigenvalue weighted by Gasteiger charge is 2.18. The summed E-state index contributed by atoms with van der Waals surface area (Å²) in [5.74, 6) is -1.53. The molecular formula is C24H24N2O5. The Labute approximate surface area is 180 Å². The predicted octanol–water partition coefficient (Wildman–Crippen LogP) is 4.45. The molecule has 7 nitrogen and oxygen atoms in total. The third kappa shape index (κ3) is 5.39. The summed E-state index contributed by atoms with van der Waals surface area (Å²) < 4.78 is 10.3. The zero-order valence-electron chi connectivity index (χ0n) is 17.4. The molecule has 3 aromatic rings. The number of carbonyl (C=O) groups excluding carboxylic acids is 3. The van der Waals surface area contributed by atoms with Crippen molar-refractivity contribution >= 4 is 29.2 Å². The molecule has 31 heavy (non-hydrogen) atoms. The predicted molar refractivity (Wildman–Crippen MR) is 117 cm³/mol. The van der Waals surface area contributed by atoms with Crippen molar-refractivity contribution in [1.29, 1.82) is 0 Å². The Balaban J connectivity index is 1.65. The van der Waals surface area contributed by atoms with Crippen LogP contribution in [0, 0.1) is 0 Å². The molecule has 2 amide bonds. The van der Waals surface area contributed by atoms with Gasteiger partial charge in [-0.05, 0) is 48.2 Å². The number of anilines is 2. The first-order valence-electron chi connectivity index (χ1n) is 10.0. The van der Waals surface area contributed by atoms with Gasteiger partial charge in [-0.2, -0.15) is 0 Å². The molecular weight excluding hydrogens is 396 g/mol. The fourth-order valence-electron chi connectivity index (χ4n) is 3.15. The van der Waals surface area contributed by atoms with Crippen molar-refractivity contribution in [3.8, 4) is 0 Å². The Kier molecular flexibility index (Phi) is 7.22. The number of esters is 1. The van der Waals surface area contributed by atoms with Crippen LogP contribution in [0.25, 0.3) is 0 Å². The van der Waals surface area contributed by atoms with E-state index in [2.05, 4.69) is 10.6 Å². The Hall–Kier alpha value is -3.87. The highest BCUT2D eigenvalue weighted by molar-refractivity contribution is 6.07. The van der Waals surface area contributed by atoms with Crippen molar-refractivity contribution in [3.63, 3.8) is 0 Å². The Bertz CT molecular complexity index is 1050. The first-order valence-corrected chi connectivity index (χ1v) is 10.0. The van der Waals surface area contributed by atoms with Crippen LogP contribution in [0.3, 0.4) is 0 Å². The summed E-state index contributed by atoms with van der Waals surface area (Å²) in [6, 6.07) is 15.4. The molecule has 0 aliphatic carbocycles. The third-order valence-electron chi connectivity index (χ3n) is 4.74. The van der Waals surface area contributed by atoms with E-state index in [-0.39, 0.29) is 17.0 Å². The van der Waals surface area contributed by atoms with E-state index >= 15 is 0 Å². The maximum absolute atomic E-state index is 12.6. The Morgan fingerprint density at radius 3 is 2.23 bits per heavy atom. The first kappa shape index (κ1) is 21.8. The van der Waals surface area contributed by atoms with E-state index in [4.69, 9.17) is 9.15 Å². The number of hydrogen-bond acceptors (Lipinski definition) is 5. The van der Waals surface area contributed by atoms with E-state index < -0.39 is 24.4 Å². The number of aryl methyl sites for hydroxylation is 2. The topological polar surface area (TPSA) is 97.6 Å². The summed E-state index contributed by atoms with van der Waals surface area (Å²) >= 11 is 0. The average molecular weight is 420 g/mol. The highest BCUT2D eigenvalue weighted by atomic mass is 16.5. The lowest BCUT2D eigenvalue weighted by Gasteiger charge is -2.15. The Morgan fingerprint density at radius 1 is 0.871 bits per heavy atom. The number of hydrogen-bond donors (Lipinski definition) is 2. The van der Waals surface area contributed by atoms with Gasteiger partial charge in [0.05, 0.1) is 17.5 Å². The second-order valence-electron chi connectivity index (χ2n) is 6.76. The van der Waals surface area contributed by atoms with Gasteiger partial charge in [0.1, 0.15) is 0 Å². The number of benzene rings is 2. The van der Waals surface area contributed by atoms with Gasteiger partial charge < -0.3 is 19.8 Å². The van der Waals surface area contributed by atoms with Crippen molar-refractivity contribution in [3.05, 3.63) is 83.3 Å². The van der Waals surface area contributed by atoms with Crippen molar-refractivity contribution < 1.29 is 23.5 Å². The zero-order chi connectivity index (χ0) is 22.2. The van der Waals surface area contributed by atoms with Gasteiger partial charge in [-0.25, -0.2) is 4.79 Å². The zero-order valence-corrected chi connectivity index (χ0v) is 17.4. The van der Waals surface area contributed by atoms with Crippen molar-refractivity contribution in [2.24, 2.45) is 0 Å². The number of rotatable bonds is 8. The van der Waals surface area contributed by atoms with Gasteiger partial charge in [-0.3, -0.25) is 9.59 Å². The standard InChI is InChI=1S/C24H24N2O5/c1-3-16-9-7-10-17(4-2)22(16)26-21(27)15-31-24(29)18-11-5-6-12-19(18)25-23(28)20-13-8-14-30-20/h5-14H,3-4,15H2,1-2H3,(H,25,28)(H,26,27). The number of para-hydroxylation sites is 2. The molecule has 0 atom stereocenters. The largest absolute Gasteiger partial charge is 0.459 e. The smallest absolute Gasteiger partial charge is 0.340 e. The summed E-state index contributed by atoms with van der Waals surface area (Å²) in [5.41, 5.74) is 3.20. The van der Waals surface area contributed by atoms with Crippen LogP contribution in [0.2, 0.25) is 0 Å². The van der Waals surface area contributed by atoms with E-state index in [1.807, 2.05) is 32.0 Å². The number of amides is 2. The summed E-state index contributed by atoms with van der Waals surface area (Å²) in [6.45, 7) is 3.58. The van der Waals surface area contributed by atoms with Crippen molar-refractivity contribution in [1.82, 2.24) is 0 Å². The molecule has 0 bridgehead atoms. The van der Waals surface area contributed by atoms with Crippen LogP contribution in [-0.2, 0) is 22.4 Å². The highest BCUT2D eigenvalue weighted by Crippen LogP contribution is 2.23. The summed E-state index contributed by atoms with van der Waals surface area (Å²) in [5, 5.41) is 5.47. The normalized spacial score (nSPS) is 10.4. The van der Waals surface area contributed by atoms with E-state index in [1.54, 1.807) is 24.3 Å². The molecule has 0 radical (unpaired) electrons. The van der Waals surface area contributed by atoms with Gasteiger partial charge in [0.25, 0.3) is 11.8 Å². The maximum Gasteiger partial charge on any atom is 0.340 e. The molecule has 0 saturated heterocycles. The molecule has 3 rings (SSSR count). The van der Waals surface area contributed by atoms with Crippen molar-refractivity contribution in [2.45, 2.75) is 26.7 Å². The van der Waals surface area contributed by atoms with Gasteiger partial charge >= 0.3 is 5.97 Å². The van der Waals surface area contributed by atoms with Crippen molar-refractivity contribution in [2.75, 3.05) is 17.2 Å². The molecule has 0 saturated carbocycles. The second-order valence-corrected chi connectivity index (χ2v) is 6.76. The summed E-state index contributed by atoms with van der Waals surface area (Å²) in [4.78, 5) is 37.2. The molecule has 7 heteroatoms. The van der Waals surface area contributed by atoms with Crippen LogP contribution >= 0.6 is 0 Å². The maximum atomic E-state index is 12.6. The minimum Gasteiger partial charge on any atom is -0.459 e. The van der Waals surface area contributed by atoms with Gasteiger partial charge in [0.15, 0.2) is 12.4 Å². The van der Waals surface area contributed by atoms with Crippen LogP contribution in [-0.4, -0.2) is 24.4 Å². The van der Waals surface area contributed by atoms with E-state index in [1.165, 1.54) is 18.4 Å². The summed E-state index contributed by atoms with van der Waals surface area (Å²) in [7, 11) is 0. The van der Waals surface area contributed by atoms with Gasteiger partial charge in [-0.1, -0.05) is 44.2 Å². The SMILES string of the molecule is CCc1cccc(CC)c1NC(=O)COC(=O)c1ccccc1NC(=O)c1ccco1. The van der Waals surface area contributed by atoms with Crippen LogP contribution in [0.15, 0.2) is 65.3 Å². The monoisotopic (exact) mass is 420 g/mol. The van der Waals surface area contributed by atoms with Crippen LogP contribution < -0.4 is 10.6 Å². The Morgan fingerprint density at radius 2 is 1.58 bits per heavy atom. The molecule has 160 valence electrons. The fraction of sp³-hybridized carbons (Fsp3) is 0.208. The minimum absolute atomic E-state index is 0.115. The number of ether oxygens (including phenoxy) is 1. The van der Waals surface area contributed by atoms with Crippen LogP contribution in [0.5, 0.6) is 0 Å². The number of furan rings is 1. The second kappa shape index (κ2) is 10.2. The molecule has 1 aromatic heterocycles. The third-order valence-corrected chi connectivity index (χ3v) is 4.74. The lowest BCUT2D eigenvalue weighted by molar-refractivity contribution is -0.119. The number of nitrogens with one attached hydrogen (secondary N) is 2. The average Bonchev–Trinajstić information content (AvgIpc) is 3.33. The van der Waals surface area contributed by atoms with Crippen LogP contribution in [0.1, 0.15) is 45.9 Å². The molecule has 2 N–H and O–H groups in total. The van der Waals surface area contributed by atoms with E-state index in [0.29, 0.717) is 0 Å². The molecule has 0 fully saturated rings. The molecule has 0 spiro atoms. The lowest BCUT2D eigenvalue weighted by atomic mass is 10.0. The molecule has 0 aliphatic heterocycles. The first-order chi connectivity index (χ1) is 15.0. The fourth-order valence-corrected chi connectivity index (χ4v) is 3.15. The summed E-state index contributed by atoms with van der Waals surface area (Å²) in [6.07, 6.45) is 2.92. The van der Waals surface area contributed by atoms with E-state index in [9.17, 15) is 14.4 Å². The lowest BCUT2D eigenvalue weighted by Crippen LogP contribution is -2.23. The number of carbonyl (C=O) groups is 3. The molecule has 2 aromatic carbocycles. The van der Waals surface area contributed by atoms with E-state index in [0.717, 1.165) is 29.7 Å². The quantitative estimate of drug-likeness (QED) is 0.525. The molecule has 1 heterocycles. The minimum atomic E-state index is -0.718.